The molecule has 32 heavy (non-hydrogen) atoms. The summed E-state index contributed by atoms with van der Waals surface area (Å²) in [5.74, 6) is 0.444. The Balaban J connectivity index is 1.69. The van der Waals surface area contributed by atoms with Crippen molar-refractivity contribution in [2.75, 3.05) is 11.4 Å². The van der Waals surface area contributed by atoms with Gasteiger partial charge in [-0.25, -0.2) is 4.79 Å². The predicted molar refractivity (Wildman–Crippen MR) is 131 cm³/mol. The number of hydrogen-bond acceptors (Lipinski definition) is 5. The number of rotatable bonds is 10. The summed E-state index contributed by atoms with van der Waals surface area (Å²) in [7, 11) is 0. The number of allylic oxidation sites excluding steroid dienone is 1. The average Bonchev–Trinajstić information content (AvgIpc) is 3.06. The summed E-state index contributed by atoms with van der Waals surface area (Å²) in [6, 6.07) is 13.2. The molecular weight excluding hydrogens is 444 g/mol. The zero-order chi connectivity index (χ0) is 22.9. The quantitative estimate of drug-likeness (QED) is 0.299. The number of anilines is 1. The van der Waals surface area contributed by atoms with Crippen LogP contribution in [0.5, 0.6) is 5.75 Å². The van der Waals surface area contributed by atoms with Gasteiger partial charge in [-0.05, 0) is 43.2 Å². The topological polar surface area (TPSA) is 58.6 Å². The highest BCUT2D eigenvalue weighted by molar-refractivity contribution is 8.03. The highest BCUT2D eigenvalue weighted by atomic mass is 35.5. The van der Waals surface area contributed by atoms with E-state index >= 15 is 0 Å². The lowest BCUT2D eigenvalue weighted by molar-refractivity contribution is -0.112. The maximum atomic E-state index is 12.2. The molecule has 0 unspecified atom stereocenters. The number of fused-ring (bicyclic) bond motifs is 1. The van der Waals surface area contributed by atoms with Crippen molar-refractivity contribution in [1.29, 1.82) is 0 Å². The maximum absolute atomic E-state index is 12.2. The molecule has 1 aliphatic heterocycles. The maximum Gasteiger partial charge on any atom is 0.412 e. The van der Waals surface area contributed by atoms with Crippen LogP contribution >= 0.6 is 23.4 Å². The van der Waals surface area contributed by atoms with Gasteiger partial charge < -0.3 is 15.0 Å². The van der Waals surface area contributed by atoms with Gasteiger partial charge in [-0.15, -0.1) is 0 Å². The van der Waals surface area contributed by atoms with Crippen LogP contribution in [-0.4, -0.2) is 18.4 Å². The first-order chi connectivity index (χ1) is 15.5. The molecule has 1 heterocycles. The van der Waals surface area contributed by atoms with E-state index in [1.807, 2.05) is 41.3 Å². The Bertz CT molecular complexity index is 993. The van der Waals surface area contributed by atoms with Crippen LogP contribution in [0.3, 0.4) is 0 Å². The van der Waals surface area contributed by atoms with E-state index in [1.165, 1.54) is 37.9 Å². The number of carbonyl (C=O) groups excluding carboxylic acids is 2. The second-order valence-electron chi connectivity index (χ2n) is 7.77. The molecule has 2 aromatic carbocycles. The molecular formula is C25H29ClN2O3S. The Labute approximate surface area is 199 Å². The largest absolute Gasteiger partial charge is 0.412 e. The number of nitrogens with one attached hydrogen (secondary N) is 1. The van der Waals surface area contributed by atoms with Crippen molar-refractivity contribution >= 4 is 40.9 Å². The lowest BCUT2D eigenvalue weighted by atomic mass is 10.1. The van der Waals surface area contributed by atoms with E-state index in [4.69, 9.17) is 16.3 Å². The fourth-order valence-electron chi connectivity index (χ4n) is 3.47. The molecule has 1 N–H and O–H groups in total. The first-order valence-corrected chi connectivity index (χ1v) is 12.2. The third-order valence-electron chi connectivity index (χ3n) is 5.02. The minimum Gasteiger partial charge on any atom is -0.410 e. The Hall–Kier alpha value is -2.44. The number of ether oxygens (including phenoxy) is 1. The van der Waals surface area contributed by atoms with Crippen molar-refractivity contribution in [2.45, 2.75) is 57.4 Å². The van der Waals surface area contributed by atoms with Crippen LogP contribution in [0.2, 0.25) is 5.02 Å². The normalized spacial score (nSPS) is 13.8. The lowest BCUT2D eigenvalue weighted by Gasteiger charge is -2.21. The zero-order valence-electron chi connectivity index (χ0n) is 18.5. The highest BCUT2D eigenvalue weighted by Gasteiger charge is 2.26. The summed E-state index contributed by atoms with van der Waals surface area (Å²) >= 11 is 7.68. The molecule has 0 spiro atoms. The SMILES string of the molecule is CCCCCCCNC(=O)Oc1ccc2c(c1)N(Cc1cccc(Cl)c1)/C(=C/C(C)=O)S2. The monoisotopic (exact) mass is 472 g/mol. The van der Waals surface area contributed by atoms with E-state index in [0.717, 1.165) is 34.0 Å². The minimum atomic E-state index is -0.452. The molecule has 0 saturated heterocycles. The van der Waals surface area contributed by atoms with Crippen LogP contribution < -0.4 is 15.0 Å². The van der Waals surface area contributed by atoms with Crippen molar-refractivity contribution < 1.29 is 14.3 Å². The molecule has 2 aromatic rings. The number of amides is 1. The molecule has 3 rings (SSSR count). The summed E-state index contributed by atoms with van der Waals surface area (Å²) in [5.41, 5.74) is 1.92. The Morgan fingerprint density at radius 2 is 1.94 bits per heavy atom. The molecule has 0 bridgehead atoms. The lowest BCUT2D eigenvalue weighted by Crippen LogP contribution is -2.27. The number of thioether (sulfide) groups is 1. The number of ketones is 1. The molecule has 5 nitrogen and oxygen atoms in total. The Morgan fingerprint density at radius 3 is 2.69 bits per heavy atom. The zero-order valence-corrected chi connectivity index (χ0v) is 20.1. The van der Waals surface area contributed by atoms with Crippen LogP contribution in [-0.2, 0) is 11.3 Å². The van der Waals surface area contributed by atoms with Crippen molar-refractivity contribution in [3.05, 3.63) is 64.2 Å². The van der Waals surface area contributed by atoms with Gasteiger partial charge in [0.1, 0.15) is 5.75 Å². The van der Waals surface area contributed by atoms with Crippen molar-refractivity contribution in [3.63, 3.8) is 0 Å². The molecule has 1 amide bonds. The van der Waals surface area contributed by atoms with E-state index in [2.05, 4.69) is 12.2 Å². The van der Waals surface area contributed by atoms with Crippen molar-refractivity contribution in [1.82, 2.24) is 5.32 Å². The highest BCUT2D eigenvalue weighted by Crippen LogP contribution is 2.48. The minimum absolute atomic E-state index is 0.0220. The molecule has 0 atom stereocenters. The van der Waals surface area contributed by atoms with Gasteiger partial charge in [0.05, 0.1) is 10.7 Å². The number of nitrogens with zero attached hydrogens (tertiary/aromatic N) is 1. The third-order valence-corrected chi connectivity index (χ3v) is 6.37. The number of hydrogen-bond donors (Lipinski definition) is 1. The fraction of sp³-hybridized carbons (Fsp3) is 0.360. The van der Waals surface area contributed by atoms with Crippen molar-refractivity contribution in [2.24, 2.45) is 0 Å². The van der Waals surface area contributed by atoms with E-state index in [0.29, 0.717) is 23.9 Å². The molecule has 0 aliphatic carbocycles. The second kappa shape index (κ2) is 12.0. The number of carbonyl (C=O) groups is 2. The van der Waals surface area contributed by atoms with Crippen molar-refractivity contribution in [3.8, 4) is 5.75 Å². The molecule has 0 fully saturated rings. The summed E-state index contributed by atoms with van der Waals surface area (Å²) in [5, 5.41) is 4.31. The third kappa shape index (κ3) is 7.04. The van der Waals surface area contributed by atoms with Gasteiger partial charge >= 0.3 is 6.09 Å². The molecule has 7 heteroatoms. The fourth-order valence-corrected chi connectivity index (χ4v) is 4.81. The Kier molecular flexibility index (Phi) is 9.06. The summed E-state index contributed by atoms with van der Waals surface area (Å²) < 4.78 is 5.51. The molecule has 0 radical (unpaired) electrons. The molecule has 1 aliphatic rings. The number of unbranched alkanes of at least 4 members (excludes halogenated alkanes) is 4. The van der Waals surface area contributed by atoms with Crippen LogP contribution in [0.1, 0.15) is 51.5 Å². The van der Waals surface area contributed by atoms with E-state index in [1.54, 1.807) is 12.1 Å². The van der Waals surface area contributed by atoms with E-state index < -0.39 is 6.09 Å². The molecule has 0 saturated carbocycles. The second-order valence-corrected chi connectivity index (χ2v) is 9.27. The van der Waals surface area contributed by atoms with Gasteiger partial charge in [-0.2, -0.15) is 0 Å². The summed E-state index contributed by atoms with van der Waals surface area (Å²) in [6.45, 7) is 4.87. The smallest absolute Gasteiger partial charge is 0.410 e. The predicted octanol–water partition coefficient (Wildman–Crippen LogP) is 6.94. The van der Waals surface area contributed by atoms with E-state index in [-0.39, 0.29) is 5.78 Å². The van der Waals surface area contributed by atoms with E-state index in [9.17, 15) is 9.59 Å². The summed E-state index contributed by atoms with van der Waals surface area (Å²) in [6.07, 6.45) is 6.84. The van der Waals surface area contributed by atoms with Crippen LogP contribution in [0.4, 0.5) is 10.5 Å². The van der Waals surface area contributed by atoms with Gasteiger partial charge in [-0.1, -0.05) is 68.1 Å². The van der Waals surface area contributed by atoms with Gasteiger partial charge in [0.25, 0.3) is 0 Å². The summed E-state index contributed by atoms with van der Waals surface area (Å²) in [4.78, 5) is 27.0. The average molecular weight is 473 g/mol. The standard InChI is InChI=1S/C25H29ClN2O3S/c1-3-4-5-6-7-13-27-25(30)31-21-11-12-23-22(16-21)28(24(32-23)14-18(2)29)17-19-9-8-10-20(26)15-19/h8-12,14-16H,3-7,13,17H2,1-2H3,(H,27,30)/b24-14-. The number of halogens is 1. The molecule has 170 valence electrons. The molecule has 0 aromatic heterocycles. The van der Waals surface area contributed by atoms with Gasteiger partial charge in [0.2, 0.25) is 0 Å². The van der Waals surface area contributed by atoms with Crippen LogP contribution in [0.25, 0.3) is 0 Å². The first kappa shape index (κ1) is 24.2. The van der Waals surface area contributed by atoms with Gasteiger partial charge in [0.15, 0.2) is 5.78 Å². The van der Waals surface area contributed by atoms with Crippen LogP contribution in [0.15, 0.2) is 58.5 Å². The van der Waals surface area contributed by atoms with Gasteiger partial charge in [-0.3, -0.25) is 4.79 Å². The van der Waals surface area contributed by atoms with Gasteiger partial charge in [0, 0.05) is 35.2 Å². The first-order valence-electron chi connectivity index (χ1n) is 11.0. The Morgan fingerprint density at radius 1 is 1.12 bits per heavy atom. The number of benzene rings is 2. The van der Waals surface area contributed by atoms with Crippen LogP contribution in [0, 0.1) is 0 Å².